The molecule has 0 saturated heterocycles. The van der Waals surface area contributed by atoms with Crippen LogP contribution in [0.3, 0.4) is 0 Å². The number of amides is 1. The minimum Gasteiger partial charge on any atom is -0.341 e. The number of hydrogen-bond acceptors (Lipinski definition) is 3. The van der Waals surface area contributed by atoms with Crippen LogP contribution in [-0.4, -0.2) is 23.6 Å². The molecule has 3 nitrogen and oxygen atoms in total. The summed E-state index contributed by atoms with van der Waals surface area (Å²) in [6, 6.07) is 10.1. The summed E-state index contributed by atoms with van der Waals surface area (Å²) in [6.45, 7) is 2.15. The molecular weight excluding hydrogens is 301 g/mol. The summed E-state index contributed by atoms with van der Waals surface area (Å²) >= 11 is 1.44. The first-order valence-corrected chi connectivity index (χ1v) is 7.86. The van der Waals surface area contributed by atoms with E-state index >= 15 is 0 Å². The van der Waals surface area contributed by atoms with Crippen molar-refractivity contribution in [2.24, 2.45) is 0 Å². The van der Waals surface area contributed by atoms with Crippen LogP contribution in [-0.2, 0) is 11.3 Å². The molecule has 2 rings (SSSR count). The molecule has 22 heavy (non-hydrogen) atoms. The Morgan fingerprint density at radius 2 is 1.86 bits per heavy atom. The lowest BCUT2D eigenvalue weighted by Crippen LogP contribution is -2.26. The molecule has 0 spiro atoms. The molecule has 0 N–H and O–H groups in total. The first kappa shape index (κ1) is 16.4. The second kappa shape index (κ2) is 7.31. The lowest BCUT2D eigenvalue weighted by Gasteiger charge is -2.17. The molecule has 0 saturated carbocycles. The van der Waals surface area contributed by atoms with Crippen molar-refractivity contribution in [3.05, 3.63) is 57.5 Å². The number of thiophene rings is 1. The molecule has 0 bridgehead atoms. The summed E-state index contributed by atoms with van der Waals surface area (Å²) in [7, 11) is 1.62. The topological polar surface area (TPSA) is 37.4 Å². The molecule has 0 aliphatic heterocycles. The van der Waals surface area contributed by atoms with Gasteiger partial charge in [0.1, 0.15) is 5.82 Å². The van der Waals surface area contributed by atoms with Crippen LogP contribution in [0, 0.1) is 12.7 Å². The molecule has 0 atom stereocenters. The Balaban J connectivity index is 1.86. The number of rotatable bonds is 6. The van der Waals surface area contributed by atoms with Crippen LogP contribution in [0.15, 0.2) is 36.4 Å². The third-order valence-corrected chi connectivity index (χ3v) is 4.41. The average Bonchev–Trinajstić information content (AvgIpc) is 2.93. The maximum atomic E-state index is 13.6. The molecule has 0 aliphatic carbocycles. The zero-order valence-corrected chi connectivity index (χ0v) is 13.5. The third kappa shape index (κ3) is 4.24. The van der Waals surface area contributed by atoms with Crippen LogP contribution in [0.5, 0.6) is 0 Å². The highest BCUT2D eigenvalue weighted by Gasteiger charge is 2.15. The molecule has 1 aromatic carbocycles. The zero-order valence-electron chi connectivity index (χ0n) is 12.6. The van der Waals surface area contributed by atoms with Gasteiger partial charge in [0.15, 0.2) is 5.78 Å². The molecule has 1 aromatic heterocycles. The van der Waals surface area contributed by atoms with Crippen molar-refractivity contribution in [3.63, 3.8) is 0 Å². The summed E-state index contributed by atoms with van der Waals surface area (Å²) in [5.74, 6) is -0.511. The number of aryl methyl sites for hydroxylation is 1. The second-order valence-corrected chi connectivity index (χ2v) is 6.46. The number of carbonyl (C=O) groups is 2. The first-order valence-electron chi connectivity index (χ1n) is 7.04. The lowest BCUT2D eigenvalue weighted by atomic mass is 10.1. The standard InChI is InChI=1S/C17H18FNO2S/c1-12-7-9-16(22-12)15(20)8-10-17(21)19(2)11-13-5-3-4-6-14(13)18/h3-7,9H,8,10-11H2,1-2H3. The Labute approximate surface area is 133 Å². The van der Waals surface area contributed by atoms with Gasteiger partial charge in [-0.15, -0.1) is 11.3 Å². The number of halogens is 1. The average molecular weight is 319 g/mol. The fourth-order valence-electron chi connectivity index (χ4n) is 2.09. The SMILES string of the molecule is Cc1ccc(C(=O)CCC(=O)N(C)Cc2ccccc2F)s1. The Morgan fingerprint density at radius 1 is 1.14 bits per heavy atom. The van der Waals surface area contributed by atoms with Crippen LogP contribution >= 0.6 is 11.3 Å². The van der Waals surface area contributed by atoms with E-state index in [1.165, 1.54) is 22.3 Å². The lowest BCUT2D eigenvalue weighted by molar-refractivity contribution is -0.130. The van der Waals surface area contributed by atoms with E-state index in [0.717, 1.165) is 4.88 Å². The first-order chi connectivity index (χ1) is 10.5. The normalized spacial score (nSPS) is 10.5. The highest BCUT2D eigenvalue weighted by atomic mass is 32.1. The number of Topliss-reactive ketones (excluding diaryl/α,β-unsaturated/α-hetero) is 1. The second-order valence-electron chi connectivity index (χ2n) is 5.17. The molecule has 116 valence electrons. The highest BCUT2D eigenvalue weighted by Crippen LogP contribution is 2.18. The molecule has 0 fully saturated rings. The monoisotopic (exact) mass is 319 g/mol. The number of benzene rings is 1. The van der Waals surface area contributed by atoms with Crippen molar-refractivity contribution in [3.8, 4) is 0 Å². The maximum Gasteiger partial charge on any atom is 0.223 e. The summed E-state index contributed by atoms with van der Waals surface area (Å²) in [5, 5.41) is 0. The van der Waals surface area contributed by atoms with Crippen molar-refractivity contribution in [1.29, 1.82) is 0 Å². The fourth-order valence-corrected chi connectivity index (χ4v) is 2.92. The van der Waals surface area contributed by atoms with Crippen LogP contribution < -0.4 is 0 Å². The molecule has 1 amide bonds. The number of carbonyl (C=O) groups excluding carboxylic acids is 2. The van der Waals surface area contributed by atoms with Gasteiger partial charge >= 0.3 is 0 Å². The van der Waals surface area contributed by atoms with Gasteiger partial charge in [0.2, 0.25) is 5.91 Å². The quantitative estimate of drug-likeness (QED) is 0.759. The van der Waals surface area contributed by atoms with Crippen LogP contribution in [0.1, 0.15) is 33.0 Å². The summed E-state index contributed by atoms with van der Waals surface area (Å²) in [6.07, 6.45) is 0.321. The molecule has 2 aromatic rings. The predicted molar refractivity (Wildman–Crippen MR) is 85.5 cm³/mol. The summed E-state index contributed by atoms with van der Waals surface area (Å²) in [5.41, 5.74) is 0.471. The van der Waals surface area contributed by atoms with Crippen molar-refractivity contribution < 1.29 is 14.0 Å². The van der Waals surface area contributed by atoms with Crippen molar-refractivity contribution >= 4 is 23.0 Å². The molecule has 0 radical (unpaired) electrons. The van der Waals surface area contributed by atoms with E-state index in [1.54, 1.807) is 31.3 Å². The van der Waals surface area contributed by atoms with E-state index in [9.17, 15) is 14.0 Å². The van der Waals surface area contributed by atoms with E-state index in [4.69, 9.17) is 0 Å². The van der Waals surface area contributed by atoms with Gasteiger partial charge in [-0.25, -0.2) is 4.39 Å². The van der Waals surface area contributed by atoms with E-state index in [1.807, 2.05) is 13.0 Å². The van der Waals surface area contributed by atoms with Gasteiger partial charge in [-0.2, -0.15) is 0 Å². The molecule has 0 aliphatic rings. The van der Waals surface area contributed by atoms with Gasteiger partial charge in [0.25, 0.3) is 0 Å². The van der Waals surface area contributed by atoms with E-state index in [0.29, 0.717) is 10.4 Å². The minimum atomic E-state index is -0.327. The number of ketones is 1. The van der Waals surface area contributed by atoms with E-state index in [2.05, 4.69) is 0 Å². The Kier molecular flexibility index (Phi) is 5.44. The van der Waals surface area contributed by atoms with E-state index in [-0.39, 0.29) is 36.9 Å². The molecule has 5 heteroatoms. The van der Waals surface area contributed by atoms with Crippen molar-refractivity contribution in [2.45, 2.75) is 26.3 Å². The summed E-state index contributed by atoms with van der Waals surface area (Å²) < 4.78 is 13.6. The smallest absolute Gasteiger partial charge is 0.223 e. The highest BCUT2D eigenvalue weighted by molar-refractivity contribution is 7.14. The Bertz CT molecular complexity index is 681. The van der Waals surface area contributed by atoms with Gasteiger partial charge in [-0.05, 0) is 25.1 Å². The van der Waals surface area contributed by atoms with Gasteiger partial charge in [-0.3, -0.25) is 9.59 Å². The summed E-state index contributed by atoms with van der Waals surface area (Å²) in [4.78, 5) is 27.2. The van der Waals surface area contributed by atoms with Crippen LogP contribution in [0.25, 0.3) is 0 Å². The van der Waals surface area contributed by atoms with Crippen molar-refractivity contribution in [1.82, 2.24) is 4.90 Å². The Hall–Kier alpha value is -2.01. The minimum absolute atomic E-state index is 0.0225. The van der Waals surface area contributed by atoms with Crippen LogP contribution in [0.4, 0.5) is 4.39 Å². The van der Waals surface area contributed by atoms with Gasteiger partial charge in [-0.1, -0.05) is 18.2 Å². The van der Waals surface area contributed by atoms with Gasteiger partial charge in [0.05, 0.1) is 4.88 Å². The molecular formula is C17H18FNO2S. The molecule has 0 unspecified atom stereocenters. The number of nitrogens with zero attached hydrogens (tertiary/aromatic N) is 1. The fraction of sp³-hybridized carbons (Fsp3) is 0.294. The third-order valence-electron chi connectivity index (χ3n) is 3.37. The Morgan fingerprint density at radius 3 is 2.50 bits per heavy atom. The zero-order chi connectivity index (χ0) is 16.1. The number of hydrogen-bond donors (Lipinski definition) is 0. The molecule has 1 heterocycles. The maximum absolute atomic E-state index is 13.6. The van der Waals surface area contributed by atoms with Crippen molar-refractivity contribution in [2.75, 3.05) is 7.05 Å². The van der Waals surface area contributed by atoms with Crippen LogP contribution in [0.2, 0.25) is 0 Å². The predicted octanol–water partition coefficient (Wildman–Crippen LogP) is 3.82. The van der Waals surface area contributed by atoms with E-state index < -0.39 is 0 Å². The largest absolute Gasteiger partial charge is 0.341 e. The van der Waals surface area contributed by atoms with Gasteiger partial charge in [0, 0.05) is 36.9 Å². The van der Waals surface area contributed by atoms with Gasteiger partial charge < -0.3 is 4.90 Å².